The van der Waals surface area contributed by atoms with Gasteiger partial charge in [-0.1, -0.05) is 0 Å². The van der Waals surface area contributed by atoms with Crippen LogP contribution in [-0.4, -0.2) is 26.0 Å². The highest BCUT2D eigenvalue weighted by Crippen LogP contribution is 2.13. The molecule has 6 nitrogen and oxygen atoms in total. The monoisotopic (exact) mass is 216 g/mol. The summed E-state index contributed by atoms with van der Waals surface area (Å²) < 4.78 is 0. The van der Waals surface area contributed by atoms with Crippen molar-refractivity contribution in [1.82, 2.24) is 15.0 Å². The van der Waals surface area contributed by atoms with Crippen LogP contribution in [0.1, 0.15) is 10.5 Å². The summed E-state index contributed by atoms with van der Waals surface area (Å²) in [5.41, 5.74) is -0.0602. The normalized spacial score (nSPS) is 9.75. The number of nitrogens with one attached hydrogen (secondary N) is 1. The van der Waals surface area contributed by atoms with Gasteiger partial charge in [-0.3, -0.25) is 10.1 Å². The number of hydrogen-bond acceptors (Lipinski definition) is 5. The van der Waals surface area contributed by atoms with Gasteiger partial charge >= 0.3 is 0 Å². The Bertz CT molecular complexity index is 501. The van der Waals surface area contributed by atoms with E-state index in [4.69, 9.17) is 0 Å². The molecule has 0 saturated carbocycles. The van der Waals surface area contributed by atoms with Crippen molar-refractivity contribution in [2.24, 2.45) is 0 Å². The molecule has 2 rings (SSSR count). The lowest BCUT2D eigenvalue weighted by Crippen LogP contribution is -2.15. The van der Waals surface area contributed by atoms with Crippen LogP contribution in [0.5, 0.6) is 5.75 Å². The Morgan fingerprint density at radius 2 is 1.81 bits per heavy atom. The number of rotatable bonds is 2. The zero-order chi connectivity index (χ0) is 11.4. The van der Waals surface area contributed by atoms with Crippen LogP contribution >= 0.6 is 0 Å². The summed E-state index contributed by atoms with van der Waals surface area (Å²) in [6.45, 7) is 0. The predicted molar refractivity (Wildman–Crippen MR) is 55.9 cm³/mol. The number of carbonyl (C=O) groups excluding carboxylic acids is 1. The zero-order valence-corrected chi connectivity index (χ0v) is 8.16. The highest BCUT2D eigenvalue weighted by Gasteiger charge is 2.12. The van der Waals surface area contributed by atoms with E-state index in [1.165, 1.54) is 30.7 Å². The van der Waals surface area contributed by atoms with E-state index in [2.05, 4.69) is 20.3 Å². The Balaban J connectivity index is 2.19. The second kappa shape index (κ2) is 4.35. The lowest BCUT2D eigenvalue weighted by molar-refractivity contribution is 0.101. The van der Waals surface area contributed by atoms with Gasteiger partial charge < -0.3 is 5.11 Å². The van der Waals surface area contributed by atoms with Crippen LogP contribution in [0.25, 0.3) is 0 Å². The highest BCUT2D eigenvalue weighted by molar-refractivity contribution is 6.03. The lowest BCUT2D eigenvalue weighted by atomic mass is 10.3. The van der Waals surface area contributed by atoms with E-state index in [-0.39, 0.29) is 17.4 Å². The minimum absolute atomic E-state index is 0.0602. The number of hydrogen-bond donors (Lipinski definition) is 2. The summed E-state index contributed by atoms with van der Waals surface area (Å²) >= 11 is 0. The van der Waals surface area contributed by atoms with Gasteiger partial charge in [0.25, 0.3) is 5.91 Å². The fraction of sp³-hybridized carbons (Fsp3) is 0. The molecule has 0 aliphatic rings. The van der Waals surface area contributed by atoms with Gasteiger partial charge in [0.05, 0.1) is 0 Å². The molecule has 0 atom stereocenters. The molecule has 0 aliphatic heterocycles. The SMILES string of the molecule is O=C(Nc1ncccn1)c1ncccc1O. The van der Waals surface area contributed by atoms with Crippen molar-refractivity contribution in [3.63, 3.8) is 0 Å². The number of amides is 1. The van der Waals surface area contributed by atoms with E-state index < -0.39 is 5.91 Å². The van der Waals surface area contributed by atoms with Gasteiger partial charge in [0.15, 0.2) is 5.69 Å². The maximum absolute atomic E-state index is 11.6. The average molecular weight is 216 g/mol. The van der Waals surface area contributed by atoms with Gasteiger partial charge in [-0.15, -0.1) is 0 Å². The lowest BCUT2D eigenvalue weighted by Gasteiger charge is -2.03. The van der Waals surface area contributed by atoms with Crippen molar-refractivity contribution in [3.05, 3.63) is 42.5 Å². The Hall–Kier alpha value is -2.50. The van der Waals surface area contributed by atoms with Crippen molar-refractivity contribution in [2.75, 3.05) is 5.32 Å². The Morgan fingerprint density at radius 3 is 2.50 bits per heavy atom. The van der Waals surface area contributed by atoms with Crippen molar-refractivity contribution in [3.8, 4) is 5.75 Å². The Morgan fingerprint density at radius 1 is 1.12 bits per heavy atom. The van der Waals surface area contributed by atoms with Crippen LogP contribution in [0.3, 0.4) is 0 Å². The largest absolute Gasteiger partial charge is 0.505 e. The molecular formula is C10H8N4O2. The molecule has 0 aromatic carbocycles. The van der Waals surface area contributed by atoms with Crippen LogP contribution in [0.15, 0.2) is 36.8 Å². The van der Waals surface area contributed by atoms with E-state index in [9.17, 15) is 9.90 Å². The molecule has 6 heteroatoms. The molecule has 0 unspecified atom stereocenters. The van der Waals surface area contributed by atoms with Gasteiger partial charge in [-0.25, -0.2) is 15.0 Å². The topological polar surface area (TPSA) is 88.0 Å². The number of nitrogens with zero attached hydrogens (tertiary/aromatic N) is 3. The second-order valence-electron chi connectivity index (χ2n) is 2.90. The van der Waals surface area contributed by atoms with Crippen molar-refractivity contribution in [1.29, 1.82) is 0 Å². The van der Waals surface area contributed by atoms with E-state index in [0.29, 0.717) is 0 Å². The molecule has 1 amide bonds. The molecule has 80 valence electrons. The zero-order valence-electron chi connectivity index (χ0n) is 8.16. The van der Waals surface area contributed by atoms with Gasteiger partial charge in [0.1, 0.15) is 5.75 Å². The van der Waals surface area contributed by atoms with Gasteiger partial charge in [-0.05, 0) is 18.2 Å². The average Bonchev–Trinajstić information content (AvgIpc) is 2.31. The van der Waals surface area contributed by atoms with Crippen LogP contribution in [0, 0.1) is 0 Å². The molecule has 0 bridgehead atoms. The van der Waals surface area contributed by atoms with Crippen molar-refractivity contribution >= 4 is 11.9 Å². The summed E-state index contributed by atoms with van der Waals surface area (Å²) in [7, 11) is 0. The van der Waals surface area contributed by atoms with E-state index in [1.807, 2.05) is 0 Å². The Kier molecular flexibility index (Phi) is 2.73. The molecule has 0 saturated heterocycles. The third-order valence-corrected chi connectivity index (χ3v) is 1.79. The molecule has 2 aromatic heterocycles. The number of anilines is 1. The summed E-state index contributed by atoms with van der Waals surface area (Å²) in [6.07, 6.45) is 4.42. The highest BCUT2D eigenvalue weighted by atomic mass is 16.3. The maximum atomic E-state index is 11.6. The number of carbonyl (C=O) groups is 1. The number of aromatic hydroxyl groups is 1. The maximum Gasteiger partial charge on any atom is 0.280 e. The van der Waals surface area contributed by atoms with E-state index >= 15 is 0 Å². The first-order chi connectivity index (χ1) is 7.77. The first-order valence-corrected chi connectivity index (χ1v) is 4.50. The third-order valence-electron chi connectivity index (χ3n) is 1.79. The van der Waals surface area contributed by atoms with Gasteiger partial charge in [-0.2, -0.15) is 0 Å². The predicted octanol–water partition coefficient (Wildman–Crippen LogP) is 0.829. The van der Waals surface area contributed by atoms with Crippen LogP contribution in [0.2, 0.25) is 0 Å². The molecule has 16 heavy (non-hydrogen) atoms. The number of pyridine rings is 1. The third kappa shape index (κ3) is 2.11. The standard InChI is InChI=1S/C10H8N4O2/c15-7-3-1-4-11-8(7)9(16)14-10-12-5-2-6-13-10/h1-6,15H,(H,12,13,14,16). The first-order valence-electron chi connectivity index (χ1n) is 4.50. The minimum Gasteiger partial charge on any atom is -0.505 e. The van der Waals surface area contributed by atoms with Crippen LogP contribution < -0.4 is 5.32 Å². The summed E-state index contributed by atoms with van der Waals surface area (Å²) in [4.78, 5) is 23.0. The second-order valence-corrected chi connectivity index (χ2v) is 2.90. The first kappa shape index (κ1) is 10.0. The quantitative estimate of drug-likeness (QED) is 0.776. The smallest absolute Gasteiger partial charge is 0.280 e. The van der Waals surface area contributed by atoms with Gasteiger partial charge in [0, 0.05) is 18.6 Å². The fourth-order valence-corrected chi connectivity index (χ4v) is 1.10. The summed E-state index contributed by atoms with van der Waals surface area (Å²) in [5.74, 6) is -0.571. The summed E-state index contributed by atoms with van der Waals surface area (Å²) in [6, 6.07) is 4.55. The van der Waals surface area contributed by atoms with E-state index in [0.717, 1.165) is 0 Å². The van der Waals surface area contributed by atoms with Gasteiger partial charge in [0.2, 0.25) is 5.95 Å². The molecule has 0 radical (unpaired) electrons. The molecule has 2 aromatic rings. The Labute approximate surface area is 91.0 Å². The van der Waals surface area contributed by atoms with Crippen LogP contribution in [-0.2, 0) is 0 Å². The van der Waals surface area contributed by atoms with Crippen molar-refractivity contribution < 1.29 is 9.90 Å². The van der Waals surface area contributed by atoms with Crippen LogP contribution in [0.4, 0.5) is 5.95 Å². The molecule has 0 aliphatic carbocycles. The molecule has 2 heterocycles. The molecule has 0 fully saturated rings. The summed E-state index contributed by atoms with van der Waals surface area (Å²) in [5, 5.41) is 11.8. The molecular weight excluding hydrogens is 208 g/mol. The minimum atomic E-state index is -0.552. The van der Waals surface area contributed by atoms with Crippen molar-refractivity contribution in [2.45, 2.75) is 0 Å². The molecule has 2 N–H and O–H groups in total. The van der Waals surface area contributed by atoms with E-state index in [1.54, 1.807) is 6.07 Å². The number of aromatic nitrogens is 3. The fourth-order valence-electron chi connectivity index (χ4n) is 1.10. The molecule has 0 spiro atoms.